The third-order valence-corrected chi connectivity index (χ3v) is 5.22. The van der Waals surface area contributed by atoms with Crippen LogP contribution in [0.5, 0.6) is 5.75 Å². The Kier molecular flexibility index (Phi) is 3.62. The first-order valence-corrected chi connectivity index (χ1v) is 8.45. The summed E-state index contributed by atoms with van der Waals surface area (Å²) in [5.74, 6) is -1.86. The van der Waals surface area contributed by atoms with E-state index >= 15 is 0 Å². The Bertz CT molecular complexity index is 1120. The highest BCUT2D eigenvalue weighted by Gasteiger charge is 2.26. The van der Waals surface area contributed by atoms with E-state index in [-0.39, 0.29) is 0 Å². The summed E-state index contributed by atoms with van der Waals surface area (Å²) >= 11 is 0. The van der Waals surface area contributed by atoms with Gasteiger partial charge in [0.15, 0.2) is 5.56 Å². The van der Waals surface area contributed by atoms with Crippen LogP contribution in [0.2, 0.25) is 0 Å². The highest BCUT2D eigenvalue weighted by Crippen LogP contribution is 2.38. The number of nitrogens with zero attached hydrogens (tertiary/aromatic N) is 1. The van der Waals surface area contributed by atoms with E-state index in [4.69, 9.17) is 5.73 Å². The van der Waals surface area contributed by atoms with Crippen LogP contribution in [0.4, 0.5) is 0 Å². The Hall–Kier alpha value is -3.06. The second kappa shape index (κ2) is 5.74. The normalized spacial score (nSPS) is 13.3. The number of H-pyrrole nitrogens is 1. The average Bonchev–Trinajstić information content (AvgIpc) is 2.79. The molecule has 4 rings (SSSR count). The molecule has 1 aromatic carbocycles. The van der Waals surface area contributed by atoms with Gasteiger partial charge >= 0.3 is 5.97 Å². The van der Waals surface area contributed by atoms with Gasteiger partial charge < -0.3 is 25.5 Å². The molecule has 0 aliphatic heterocycles. The molecule has 2 aromatic heterocycles. The predicted octanol–water partition coefficient (Wildman–Crippen LogP) is 1.88. The highest BCUT2D eigenvalue weighted by molar-refractivity contribution is 5.93. The van der Waals surface area contributed by atoms with Crippen LogP contribution in [0.1, 0.15) is 33.6 Å². The molecule has 3 aromatic rings. The molecule has 1 aliphatic rings. The quantitative estimate of drug-likeness (QED) is 0.560. The van der Waals surface area contributed by atoms with Gasteiger partial charge in [0.1, 0.15) is 5.75 Å². The summed E-state index contributed by atoms with van der Waals surface area (Å²) in [6.07, 6.45) is 2.02. The van der Waals surface area contributed by atoms with Gasteiger partial charge in [0.2, 0.25) is 0 Å². The van der Waals surface area contributed by atoms with Gasteiger partial charge in [-0.25, -0.2) is 4.79 Å². The number of aromatic amines is 1. The summed E-state index contributed by atoms with van der Waals surface area (Å²) in [5.41, 5.74) is 9.32. The Labute approximate surface area is 148 Å². The molecule has 0 spiro atoms. The number of rotatable bonds is 2. The van der Waals surface area contributed by atoms with Gasteiger partial charge in [-0.3, -0.25) is 4.79 Å². The number of aromatic hydroxyl groups is 1. The number of aromatic carboxylic acids is 1. The molecule has 2 heterocycles. The van der Waals surface area contributed by atoms with Crippen LogP contribution in [0.25, 0.3) is 22.2 Å². The summed E-state index contributed by atoms with van der Waals surface area (Å²) in [5, 5.41) is 20.6. The Morgan fingerprint density at radius 2 is 2.08 bits per heavy atom. The predicted molar refractivity (Wildman–Crippen MR) is 97.5 cm³/mol. The van der Waals surface area contributed by atoms with Crippen molar-refractivity contribution < 1.29 is 15.0 Å². The molecule has 7 heteroatoms. The average molecular weight is 353 g/mol. The summed E-state index contributed by atoms with van der Waals surface area (Å²) in [6, 6.07) is 6.06. The van der Waals surface area contributed by atoms with Crippen molar-refractivity contribution >= 4 is 16.9 Å². The third kappa shape index (κ3) is 2.24. The Morgan fingerprint density at radius 1 is 1.31 bits per heavy atom. The van der Waals surface area contributed by atoms with E-state index in [1.807, 2.05) is 19.2 Å². The molecule has 0 saturated carbocycles. The van der Waals surface area contributed by atoms with Crippen LogP contribution < -0.4 is 11.3 Å². The van der Waals surface area contributed by atoms with Gasteiger partial charge in [-0.1, -0.05) is 0 Å². The summed E-state index contributed by atoms with van der Waals surface area (Å²) in [6.45, 7) is 0.423. The lowest BCUT2D eigenvalue weighted by molar-refractivity contribution is 0.0691. The summed E-state index contributed by atoms with van der Waals surface area (Å²) in [4.78, 5) is 26.2. The Balaban J connectivity index is 2.05. The summed E-state index contributed by atoms with van der Waals surface area (Å²) < 4.78 is 2.05. The number of fused-ring (bicyclic) bond motifs is 4. The number of pyridine rings is 1. The van der Waals surface area contributed by atoms with Crippen molar-refractivity contribution in [1.82, 2.24) is 9.55 Å². The molecule has 1 aliphatic carbocycles. The summed E-state index contributed by atoms with van der Waals surface area (Å²) in [7, 11) is 1.97. The number of carboxylic acid groups (broad SMARTS) is 1. The van der Waals surface area contributed by atoms with E-state index in [2.05, 4.69) is 15.6 Å². The first kappa shape index (κ1) is 16.4. The topological polar surface area (TPSA) is 121 Å². The SMILES string of the molecule is Cn1c(CN)cc2cc3c(cc21)CCCc1c-3[nH]c(=O)c(C(=O)O)c1O. The molecule has 26 heavy (non-hydrogen) atoms. The van der Waals surface area contributed by atoms with Crippen molar-refractivity contribution in [1.29, 1.82) is 0 Å². The number of nitrogens with two attached hydrogens (primary N) is 1. The number of aryl methyl sites for hydroxylation is 2. The lowest BCUT2D eigenvalue weighted by Gasteiger charge is -2.13. The molecule has 0 fully saturated rings. The highest BCUT2D eigenvalue weighted by atomic mass is 16.4. The maximum absolute atomic E-state index is 12.2. The van der Waals surface area contributed by atoms with Crippen LogP contribution in [-0.2, 0) is 26.4 Å². The molecule has 5 N–H and O–H groups in total. The minimum absolute atomic E-state index is 0.423. The maximum Gasteiger partial charge on any atom is 0.345 e. The van der Waals surface area contributed by atoms with Crippen LogP contribution >= 0.6 is 0 Å². The van der Waals surface area contributed by atoms with Crippen molar-refractivity contribution in [3.8, 4) is 17.0 Å². The first-order valence-electron chi connectivity index (χ1n) is 8.45. The van der Waals surface area contributed by atoms with E-state index < -0.39 is 22.8 Å². The fourth-order valence-electron chi connectivity index (χ4n) is 3.88. The number of nitrogens with one attached hydrogen (secondary N) is 1. The fourth-order valence-corrected chi connectivity index (χ4v) is 3.88. The van der Waals surface area contributed by atoms with Gasteiger partial charge in [-0.2, -0.15) is 0 Å². The lowest BCUT2D eigenvalue weighted by atomic mass is 9.98. The smallest absolute Gasteiger partial charge is 0.345 e. The van der Waals surface area contributed by atoms with Crippen LogP contribution in [0.15, 0.2) is 23.0 Å². The van der Waals surface area contributed by atoms with Gasteiger partial charge in [0.25, 0.3) is 5.56 Å². The molecular formula is C19H19N3O4. The molecule has 0 bridgehead atoms. The molecule has 0 unspecified atom stereocenters. The zero-order valence-electron chi connectivity index (χ0n) is 14.3. The number of benzene rings is 1. The van der Waals surface area contributed by atoms with Crippen LogP contribution in [0, 0.1) is 0 Å². The molecule has 7 nitrogen and oxygen atoms in total. The van der Waals surface area contributed by atoms with Crippen LogP contribution in [0.3, 0.4) is 0 Å². The Morgan fingerprint density at radius 3 is 2.77 bits per heavy atom. The monoisotopic (exact) mass is 353 g/mol. The molecule has 0 atom stereocenters. The first-order chi connectivity index (χ1) is 12.4. The number of hydrogen-bond acceptors (Lipinski definition) is 4. The van der Waals surface area contributed by atoms with Crippen LogP contribution in [-0.4, -0.2) is 25.7 Å². The van der Waals surface area contributed by atoms with Gasteiger partial charge in [-0.15, -0.1) is 0 Å². The third-order valence-electron chi connectivity index (χ3n) is 5.22. The fraction of sp³-hybridized carbons (Fsp3) is 0.263. The number of carbonyl (C=O) groups is 1. The second-order valence-corrected chi connectivity index (χ2v) is 6.66. The second-order valence-electron chi connectivity index (χ2n) is 6.66. The van der Waals surface area contributed by atoms with E-state index in [0.717, 1.165) is 40.6 Å². The lowest BCUT2D eigenvalue weighted by Crippen LogP contribution is -2.20. The molecular weight excluding hydrogens is 334 g/mol. The van der Waals surface area contributed by atoms with E-state index in [9.17, 15) is 19.8 Å². The van der Waals surface area contributed by atoms with Gasteiger partial charge in [-0.05, 0) is 43.0 Å². The zero-order chi connectivity index (χ0) is 18.6. The van der Waals surface area contributed by atoms with Crippen molar-refractivity contribution in [3.05, 3.63) is 50.9 Å². The molecule has 0 saturated heterocycles. The standard InChI is InChI=1S/C19H19N3O4/c1-22-11(8-20)5-10-6-13-9(7-14(10)22)3-2-4-12-16(13)21-18(24)15(17(12)23)19(25)26/h5-7H,2-4,8,20H2,1H3,(H,25,26)(H2,21,23,24). The zero-order valence-corrected chi connectivity index (χ0v) is 14.3. The van der Waals surface area contributed by atoms with Gasteiger partial charge in [0.05, 0.1) is 5.69 Å². The molecule has 0 radical (unpaired) electrons. The maximum atomic E-state index is 12.2. The van der Waals surface area contributed by atoms with E-state index in [1.54, 1.807) is 0 Å². The van der Waals surface area contributed by atoms with E-state index in [0.29, 0.717) is 24.2 Å². The minimum atomic E-state index is -1.43. The van der Waals surface area contributed by atoms with Crippen molar-refractivity contribution in [2.75, 3.05) is 0 Å². The van der Waals surface area contributed by atoms with Crippen molar-refractivity contribution in [3.63, 3.8) is 0 Å². The molecule has 134 valence electrons. The number of hydrogen-bond donors (Lipinski definition) is 4. The minimum Gasteiger partial charge on any atom is -0.506 e. The van der Waals surface area contributed by atoms with Crippen molar-refractivity contribution in [2.45, 2.75) is 25.8 Å². The van der Waals surface area contributed by atoms with E-state index in [1.165, 1.54) is 0 Å². The van der Waals surface area contributed by atoms with Gasteiger partial charge in [0, 0.05) is 41.3 Å². The number of aromatic nitrogens is 2. The largest absolute Gasteiger partial charge is 0.506 e. The number of carboxylic acids is 1. The van der Waals surface area contributed by atoms with Crippen molar-refractivity contribution in [2.24, 2.45) is 12.8 Å². The molecule has 0 amide bonds.